The molecule has 0 aromatic carbocycles. The van der Waals surface area contributed by atoms with Gasteiger partial charge in [0.25, 0.3) is 0 Å². The van der Waals surface area contributed by atoms with E-state index < -0.39 is 0 Å². The van der Waals surface area contributed by atoms with Crippen LogP contribution in [-0.4, -0.2) is 48.8 Å². The van der Waals surface area contributed by atoms with Gasteiger partial charge in [-0.3, -0.25) is 9.88 Å². The third kappa shape index (κ3) is 3.86. The molecule has 1 fully saturated rings. The number of hydrogen-bond acceptors (Lipinski definition) is 5. The molecule has 0 radical (unpaired) electrons. The van der Waals surface area contributed by atoms with Crippen molar-refractivity contribution in [2.45, 2.75) is 12.5 Å². The van der Waals surface area contributed by atoms with E-state index in [9.17, 15) is 0 Å². The number of nitrogens with zero attached hydrogens (tertiary/aromatic N) is 3. The fraction of sp³-hybridized carbons (Fsp3) is 0.444. The smallest absolute Gasteiger partial charge is 0.213 e. The van der Waals surface area contributed by atoms with Gasteiger partial charge in [0.05, 0.1) is 19.4 Å². The van der Waals surface area contributed by atoms with E-state index in [1.807, 2.05) is 30.6 Å². The number of pyridine rings is 2. The summed E-state index contributed by atoms with van der Waals surface area (Å²) in [7, 11) is 3.42. The van der Waals surface area contributed by atoms with Crippen LogP contribution in [0.5, 0.6) is 5.88 Å². The molecule has 3 heterocycles. The van der Waals surface area contributed by atoms with Crippen molar-refractivity contribution in [2.24, 2.45) is 5.92 Å². The Morgan fingerprint density at radius 2 is 1.96 bits per heavy atom. The topological polar surface area (TPSA) is 47.5 Å². The molecule has 23 heavy (non-hydrogen) atoms. The molecule has 0 aliphatic carbocycles. The van der Waals surface area contributed by atoms with E-state index >= 15 is 0 Å². The predicted octanol–water partition coefficient (Wildman–Crippen LogP) is 2.35. The third-order valence-electron chi connectivity index (χ3n) is 4.41. The first-order valence-electron chi connectivity index (χ1n) is 7.91. The van der Waals surface area contributed by atoms with E-state index in [1.165, 1.54) is 5.56 Å². The molecule has 3 rings (SSSR count). The Kier molecular flexibility index (Phi) is 5.20. The molecule has 0 N–H and O–H groups in total. The maximum Gasteiger partial charge on any atom is 0.213 e. The van der Waals surface area contributed by atoms with Crippen LogP contribution >= 0.6 is 0 Å². The molecule has 122 valence electrons. The van der Waals surface area contributed by atoms with Crippen LogP contribution in [-0.2, 0) is 11.3 Å². The van der Waals surface area contributed by atoms with Crippen LogP contribution in [0.4, 0.5) is 0 Å². The van der Waals surface area contributed by atoms with Gasteiger partial charge in [0.1, 0.15) is 0 Å². The van der Waals surface area contributed by atoms with Crippen molar-refractivity contribution in [3.63, 3.8) is 0 Å². The Bertz CT molecular complexity index is 621. The Hall–Kier alpha value is -1.98. The van der Waals surface area contributed by atoms with Crippen LogP contribution in [0.15, 0.2) is 42.7 Å². The van der Waals surface area contributed by atoms with Gasteiger partial charge >= 0.3 is 0 Å². The molecule has 1 saturated heterocycles. The van der Waals surface area contributed by atoms with E-state index in [2.05, 4.69) is 27.0 Å². The molecule has 2 aromatic heterocycles. The van der Waals surface area contributed by atoms with E-state index in [4.69, 9.17) is 9.47 Å². The number of likely N-dealkylation sites (tertiary alicyclic amines) is 1. The molecule has 5 nitrogen and oxygen atoms in total. The van der Waals surface area contributed by atoms with Gasteiger partial charge in [0, 0.05) is 57.0 Å². The molecule has 0 unspecified atom stereocenters. The third-order valence-corrected chi connectivity index (χ3v) is 4.41. The van der Waals surface area contributed by atoms with Gasteiger partial charge in [-0.2, -0.15) is 0 Å². The first-order valence-corrected chi connectivity index (χ1v) is 7.91. The summed E-state index contributed by atoms with van der Waals surface area (Å²) >= 11 is 0. The van der Waals surface area contributed by atoms with Crippen LogP contribution in [0.3, 0.4) is 0 Å². The van der Waals surface area contributed by atoms with Gasteiger partial charge in [-0.25, -0.2) is 4.98 Å². The van der Waals surface area contributed by atoms with Crippen LogP contribution in [0, 0.1) is 5.92 Å². The molecule has 2 atom stereocenters. The zero-order valence-electron chi connectivity index (χ0n) is 13.7. The quantitative estimate of drug-likeness (QED) is 0.819. The summed E-state index contributed by atoms with van der Waals surface area (Å²) in [5.74, 6) is 1.64. The van der Waals surface area contributed by atoms with Crippen molar-refractivity contribution in [1.29, 1.82) is 0 Å². The molecule has 2 aromatic rings. The summed E-state index contributed by atoms with van der Waals surface area (Å²) < 4.78 is 10.6. The highest BCUT2D eigenvalue weighted by Gasteiger charge is 2.33. The number of hydrogen-bond donors (Lipinski definition) is 0. The minimum absolute atomic E-state index is 0.476. The standard InChI is InChI=1S/C18H23N3O2/c1-22-13-15-10-21(11-16-4-3-5-18(20-16)23-2)12-17(15)14-6-8-19-9-7-14/h3-9,15,17H,10-13H2,1-2H3/t15-,17-/m0/s1. The monoisotopic (exact) mass is 313 g/mol. The lowest BCUT2D eigenvalue weighted by Gasteiger charge is -2.17. The van der Waals surface area contributed by atoms with E-state index in [0.29, 0.717) is 17.7 Å². The normalized spacial score (nSPS) is 21.5. The predicted molar refractivity (Wildman–Crippen MR) is 88.4 cm³/mol. The lowest BCUT2D eigenvalue weighted by molar-refractivity contribution is 0.147. The van der Waals surface area contributed by atoms with Crippen molar-refractivity contribution in [2.75, 3.05) is 33.9 Å². The van der Waals surface area contributed by atoms with Gasteiger partial charge < -0.3 is 9.47 Å². The van der Waals surface area contributed by atoms with Gasteiger partial charge in [-0.1, -0.05) is 6.07 Å². The highest BCUT2D eigenvalue weighted by Crippen LogP contribution is 2.33. The lowest BCUT2D eigenvalue weighted by atomic mass is 9.90. The molecular formula is C18H23N3O2. The maximum atomic E-state index is 5.43. The van der Waals surface area contributed by atoms with E-state index in [0.717, 1.165) is 31.9 Å². The second-order valence-corrected chi connectivity index (χ2v) is 5.97. The first-order chi connectivity index (χ1) is 11.3. The largest absolute Gasteiger partial charge is 0.481 e. The second kappa shape index (κ2) is 7.53. The number of methoxy groups -OCH3 is 2. The average Bonchev–Trinajstić information content (AvgIpc) is 2.98. The summed E-state index contributed by atoms with van der Waals surface area (Å²) in [6.07, 6.45) is 3.73. The van der Waals surface area contributed by atoms with Crippen molar-refractivity contribution >= 4 is 0 Å². The fourth-order valence-electron chi connectivity index (χ4n) is 3.35. The maximum absolute atomic E-state index is 5.43. The van der Waals surface area contributed by atoms with Gasteiger partial charge in [0.2, 0.25) is 5.88 Å². The molecule has 1 aliphatic heterocycles. The summed E-state index contributed by atoms with van der Waals surface area (Å²) in [6, 6.07) is 10.1. The summed E-state index contributed by atoms with van der Waals surface area (Å²) in [5.41, 5.74) is 2.37. The Labute approximate surface area is 137 Å². The van der Waals surface area contributed by atoms with Crippen molar-refractivity contribution < 1.29 is 9.47 Å². The molecule has 0 amide bonds. The summed E-state index contributed by atoms with van der Waals surface area (Å²) in [5, 5.41) is 0. The highest BCUT2D eigenvalue weighted by atomic mass is 16.5. The molecular weight excluding hydrogens is 290 g/mol. The van der Waals surface area contributed by atoms with E-state index in [-0.39, 0.29) is 0 Å². The molecule has 5 heteroatoms. The summed E-state index contributed by atoms with van der Waals surface area (Å²) in [6.45, 7) is 3.63. The van der Waals surface area contributed by atoms with E-state index in [1.54, 1.807) is 14.2 Å². The van der Waals surface area contributed by atoms with Crippen LogP contribution < -0.4 is 4.74 Å². The number of aromatic nitrogens is 2. The highest BCUT2D eigenvalue weighted by molar-refractivity contribution is 5.20. The second-order valence-electron chi connectivity index (χ2n) is 5.97. The van der Waals surface area contributed by atoms with Crippen molar-refractivity contribution in [3.8, 4) is 5.88 Å². The molecule has 0 spiro atoms. The van der Waals surface area contributed by atoms with Crippen LogP contribution in [0.25, 0.3) is 0 Å². The first kappa shape index (κ1) is 15.9. The van der Waals surface area contributed by atoms with Gasteiger partial charge in [-0.05, 0) is 23.8 Å². The minimum atomic E-state index is 0.476. The van der Waals surface area contributed by atoms with Gasteiger partial charge in [-0.15, -0.1) is 0 Å². The Morgan fingerprint density at radius 1 is 1.13 bits per heavy atom. The van der Waals surface area contributed by atoms with Crippen molar-refractivity contribution in [1.82, 2.24) is 14.9 Å². The Morgan fingerprint density at radius 3 is 2.70 bits per heavy atom. The van der Waals surface area contributed by atoms with Crippen LogP contribution in [0.2, 0.25) is 0 Å². The SMILES string of the molecule is COC[C@@H]1CN(Cc2cccc(OC)n2)C[C@H]1c1ccncc1. The minimum Gasteiger partial charge on any atom is -0.481 e. The lowest BCUT2D eigenvalue weighted by Crippen LogP contribution is -2.21. The van der Waals surface area contributed by atoms with Crippen molar-refractivity contribution in [3.05, 3.63) is 54.0 Å². The number of rotatable bonds is 6. The molecule has 0 bridgehead atoms. The average molecular weight is 313 g/mol. The van der Waals surface area contributed by atoms with Gasteiger partial charge in [0.15, 0.2) is 0 Å². The summed E-state index contributed by atoms with van der Waals surface area (Å²) in [4.78, 5) is 11.1. The zero-order valence-corrected chi connectivity index (χ0v) is 13.7. The molecule has 1 aliphatic rings. The van der Waals surface area contributed by atoms with Crippen LogP contribution in [0.1, 0.15) is 17.2 Å². The zero-order chi connectivity index (χ0) is 16.1. The Balaban J connectivity index is 1.72. The number of ether oxygens (including phenoxy) is 2. The molecule has 0 saturated carbocycles. The fourth-order valence-corrected chi connectivity index (χ4v) is 3.35.